The van der Waals surface area contributed by atoms with Gasteiger partial charge in [0.1, 0.15) is 0 Å². The smallest absolute Gasteiger partial charge is 0.319 e. The summed E-state index contributed by atoms with van der Waals surface area (Å²) in [6.07, 6.45) is 5.48. The molecule has 0 radical (unpaired) electrons. The van der Waals surface area contributed by atoms with Crippen LogP contribution in [0.1, 0.15) is 38.3 Å². The Morgan fingerprint density at radius 2 is 2.41 bits per heavy atom. The predicted octanol–water partition coefficient (Wildman–Crippen LogP) is 2.08. The van der Waals surface area contributed by atoms with E-state index >= 15 is 0 Å². The summed E-state index contributed by atoms with van der Waals surface area (Å²) in [4.78, 5) is 15.4. The first-order valence-electron chi connectivity index (χ1n) is 6.03. The SMILES string of the molecule is CCCCOC(=O)CNC(C)c1cccnc1. The van der Waals surface area contributed by atoms with E-state index in [0.29, 0.717) is 6.61 Å². The molecule has 1 heterocycles. The van der Waals surface area contributed by atoms with E-state index in [4.69, 9.17) is 4.74 Å². The Morgan fingerprint density at radius 3 is 3.06 bits per heavy atom. The number of esters is 1. The Hall–Kier alpha value is -1.42. The molecule has 1 N–H and O–H groups in total. The van der Waals surface area contributed by atoms with E-state index in [2.05, 4.69) is 17.2 Å². The van der Waals surface area contributed by atoms with Gasteiger partial charge in [-0.3, -0.25) is 9.78 Å². The fourth-order valence-electron chi connectivity index (χ4n) is 1.37. The van der Waals surface area contributed by atoms with Gasteiger partial charge in [-0.15, -0.1) is 0 Å². The van der Waals surface area contributed by atoms with Crippen LogP contribution in [0.5, 0.6) is 0 Å². The molecule has 0 saturated carbocycles. The van der Waals surface area contributed by atoms with Crippen LogP contribution >= 0.6 is 0 Å². The minimum atomic E-state index is -0.200. The van der Waals surface area contributed by atoms with Crippen LogP contribution in [-0.2, 0) is 9.53 Å². The second kappa shape index (κ2) is 7.79. The Kier molecular flexibility index (Phi) is 6.25. The topological polar surface area (TPSA) is 51.2 Å². The van der Waals surface area contributed by atoms with E-state index < -0.39 is 0 Å². The van der Waals surface area contributed by atoms with Crippen molar-refractivity contribution in [2.45, 2.75) is 32.7 Å². The summed E-state index contributed by atoms with van der Waals surface area (Å²) in [5.74, 6) is -0.200. The summed E-state index contributed by atoms with van der Waals surface area (Å²) in [6, 6.07) is 3.96. The minimum absolute atomic E-state index is 0.0995. The van der Waals surface area contributed by atoms with Gasteiger partial charge in [-0.05, 0) is 25.0 Å². The quantitative estimate of drug-likeness (QED) is 0.581. The Bertz CT molecular complexity index is 327. The first-order chi connectivity index (χ1) is 8.24. The molecule has 1 atom stereocenters. The number of unbranched alkanes of at least 4 members (excludes halogenated alkanes) is 1. The minimum Gasteiger partial charge on any atom is -0.465 e. The summed E-state index contributed by atoms with van der Waals surface area (Å²) in [7, 11) is 0. The van der Waals surface area contributed by atoms with Crippen molar-refractivity contribution in [2.75, 3.05) is 13.2 Å². The molecule has 0 amide bonds. The highest BCUT2D eigenvalue weighted by atomic mass is 16.5. The summed E-state index contributed by atoms with van der Waals surface area (Å²) in [6.45, 7) is 4.81. The standard InChI is InChI=1S/C13H20N2O2/c1-3-4-8-17-13(16)10-15-11(2)12-6-5-7-14-9-12/h5-7,9,11,15H,3-4,8,10H2,1-2H3. The summed E-state index contributed by atoms with van der Waals surface area (Å²) < 4.78 is 5.05. The van der Waals surface area contributed by atoms with Crippen LogP contribution in [0.4, 0.5) is 0 Å². The molecule has 0 aliphatic rings. The van der Waals surface area contributed by atoms with Gasteiger partial charge in [-0.2, -0.15) is 0 Å². The first-order valence-corrected chi connectivity index (χ1v) is 6.03. The van der Waals surface area contributed by atoms with Gasteiger partial charge in [-0.1, -0.05) is 19.4 Å². The number of rotatable bonds is 7. The molecule has 1 rings (SSSR count). The molecule has 1 unspecified atom stereocenters. The number of nitrogens with one attached hydrogen (secondary N) is 1. The molecule has 94 valence electrons. The lowest BCUT2D eigenvalue weighted by molar-refractivity contribution is -0.142. The Labute approximate surface area is 102 Å². The van der Waals surface area contributed by atoms with Gasteiger partial charge in [-0.25, -0.2) is 0 Å². The maximum Gasteiger partial charge on any atom is 0.319 e. The fraction of sp³-hybridized carbons (Fsp3) is 0.538. The number of carbonyl (C=O) groups is 1. The Morgan fingerprint density at radius 1 is 1.59 bits per heavy atom. The van der Waals surface area contributed by atoms with E-state index in [1.54, 1.807) is 12.4 Å². The van der Waals surface area contributed by atoms with Crippen LogP contribution in [0, 0.1) is 0 Å². The third-order valence-corrected chi connectivity index (χ3v) is 2.50. The van der Waals surface area contributed by atoms with Crippen LogP contribution in [0.15, 0.2) is 24.5 Å². The van der Waals surface area contributed by atoms with Crippen molar-refractivity contribution in [1.29, 1.82) is 0 Å². The molecule has 4 heteroatoms. The predicted molar refractivity (Wildman–Crippen MR) is 66.5 cm³/mol. The molecular formula is C13H20N2O2. The zero-order valence-electron chi connectivity index (χ0n) is 10.5. The largest absolute Gasteiger partial charge is 0.465 e. The van der Waals surface area contributed by atoms with Gasteiger partial charge in [0, 0.05) is 18.4 Å². The van der Waals surface area contributed by atoms with Gasteiger partial charge in [0.25, 0.3) is 0 Å². The summed E-state index contributed by atoms with van der Waals surface area (Å²) in [5, 5.41) is 3.11. The maximum atomic E-state index is 11.4. The molecule has 1 aromatic rings. The number of pyridine rings is 1. The van der Waals surface area contributed by atoms with E-state index in [1.165, 1.54) is 0 Å². The molecule has 0 aliphatic carbocycles. The molecular weight excluding hydrogens is 216 g/mol. The van der Waals surface area contributed by atoms with Crippen molar-refractivity contribution in [1.82, 2.24) is 10.3 Å². The van der Waals surface area contributed by atoms with Crippen molar-refractivity contribution in [2.24, 2.45) is 0 Å². The van der Waals surface area contributed by atoms with Gasteiger partial charge < -0.3 is 10.1 Å². The lowest BCUT2D eigenvalue weighted by Gasteiger charge is -2.13. The zero-order chi connectivity index (χ0) is 12.5. The van der Waals surface area contributed by atoms with E-state index in [9.17, 15) is 4.79 Å². The number of carbonyl (C=O) groups excluding carboxylic acids is 1. The zero-order valence-corrected chi connectivity index (χ0v) is 10.5. The van der Waals surface area contributed by atoms with Gasteiger partial charge in [0.2, 0.25) is 0 Å². The number of ether oxygens (including phenoxy) is 1. The third kappa shape index (κ3) is 5.45. The van der Waals surface area contributed by atoms with Crippen molar-refractivity contribution >= 4 is 5.97 Å². The molecule has 4 nitrogen and oxygen atoms in total. The molecule has 0 saturated heterocycles. The van der Waals surface area contributed by atoms with Gasteiger partial charge >= 0.3 is 5.97 Å². The average Bonchev–Trinajstić information content (AvgIpc) is 2.37. The number of nitrogens with zero attached hydrogens (tertiary/aromatic N) is 1. The summed E-state index contributed by atoms with van der Waals surface area (Å²) >= 11 is 0. The van der Waals surface area contributed by atoms with Crippen LogP contribution in [0.25, 0.3) is 0 Å². The fourth-order valence-corrected chi connectivity index (χ4v) is 1.37. The van der Waals surface area contributed by atoms with Crippen molar-refractivity contribution in [3.63, 3.8) is 0 Å². The lowest BCUT2D eigenvalue weighted by Crippen LogP contribution is -2.27. The number of hydrogen-bond acceptors (Lipinski definition) is 4. The highest BCUT2D eigenvalue weighted by molar-refractivity contribution is 5.71. The van der Waals surface area contributed by atoms with E-state index in [-0.39, 0.29) is 18.6 Å². The Balaban J connectivity index is 2.24. The second-order valence-electron chi connectivity index (χ2n) is 3.96. The molecule has 0 aliphatic heterocycles. The van der Waals surface area contributed by atoms with E-state index in [1.807, 2.05) is 19.1 Å². The average molecular weight is 236 g/mol. The molecule has 0 fully saturated rings. The highest BCUT2D eigenvalue weighted by Crippen LogP contribution is 2.08. The third-order valence-electron chi connectivity index (χ3n) is 2.50. The van der Waals surface area contributed by atoms with Crippen LogP contribution in [0.3, 0.4) is 0 Å². The normalized spacial score (nSPS) is 12.1. The first kappa shape index (κ1) is 13.6. The molecule has 0 bridgehead atoms. The van der Waals surface area contributed by atoms with Gasteiger partial charge in [0.05, 0.1) is 13.2 Å². The molecule has 17 heavy (non-hydrogen) atoms. The second-order valence-corrected chi connectivity index (χ2v) is 3.96. The van der Waals surface area contributed by atoms with Crippen molar-refractivity contribution in [3.8, 4) is 0 Å². The highest BCUT2D eigenvalue weighted by Gasteiger charge is 2.07. The molecule has 0 spiro atoms. The van der Waals surface area contributed by atoms with Crippen LogP contribution in [-0.4, -0.2) is 24.1 Å². The van der Waals surface area contributed by atoms with Crippen LogP contribution < -0.4 is 5.32 Å². The van der Waals surface area contributed by atoms with Gasteiger partial charge in [0.15, 0.2) is 0 Å². The monoisotopic (exact) mass is 236 g/mol. The number of hydrogen-bond donors (Lipinski definition) is 1. The maximum absolute atomic E-state index is 11.4. The van der Waals surface area contributed by atoms with Crippen molar-refractivity contribution in [3.05, 3.63) is 30.1 Å². The lowest BCUT2D eigenvalue weighted by atomic mass is 10.1. The van der Waals surface area contributed by atoms with E-state index in [0.717, 1.165) is 18.4 Å². The summed E-state index contributed by atoms with van der Waals surface area (Å²) in [5.41, 5.74) is 1.06. The number of aromatic nitrogens is 1. The molecule has 1 aromatic heterocycles. The van der Waals surface area contributed by atoms with Crippen LogP contribution in [0.2, 0.25) is 0 Å². The molecule has 0 aromatic carbocycles. The van der Waals surface area contributed by atoms with Crippen molar-refractivity contribution < 1.29 is 9.53 Å².